The molecule has 18 heavy (non-hydrogen) atoms. The van der Waals surface area contributed by atoms with Crippen LogP contribution in [0.5, 0.6) is 5.75 Å². The van der Waals surface area contributed by atoms with E-state index in [9.17, 15) is 4.79 Å². The summed E-state index contributed by atoms with van der Waals surface area (Å²) in [5, 5.41) is 0. The quantitative estimate of drug-likeness (QED) is 0.813. The fourth-order valence-electron chi connectivity index (χ4n) is 3.09. The van der Waals surface area contributed by atoms with E-state index in [2.05, 4.69) is 27.7 Å². The average Bonchev–Trinajstić information content (AvgIpc) is 2.69. The van der Waals surface area contributed by atoms with Crippen LogP contribution >= 0.6 is 0 Å². The summed E-state index contributed by atoms with van der Waals surface area (Å²) in [7, 11) is 1.65. The van der Waals surface area contributed by atoms with E-state index in [1.54, 1.807) is 7.11 Å². The first kappa shape index (κ1) is 13.1. The highest BCUT2D eigenvalue weighted by Crippen LogP contribution is 2.68. The van der Waals surface area contributed by atoms with Crippen molar-refractivity contribution in [3.05, 3.63) is 29.8 Å². The van der Waals surface area contributed by atoms with Gasteiger partial charge < -0.3 is 4.74 Å². The van der Waals surface area contributed by atoms with Gasteiger partial charge in [-0.1, -0.05) is 39.8 Å². The van der Waals surface area contributed by atoms with Gasteiger partial charge in [0.05, 0.1) is 7.11 Å². The Morgan fingerprint density at radius 1 is 1.22 bits per heavy atom. The molecular formula is C16H22O2. The topological polar surface area (TPSA) is 26.3 Å². The van der Waals surface area contributed by atoms with Gasteiger partial charge in [0.15, 0.2) is 0 Å². The number of benzene rings is 1. The summed E-state index contributed by atoms with van der Waals surface area (Å²) in [4.78, 5) is 12.4. The van der Waals surface area contributed by atoms with Gasteiger partial charge in [-0.15, -0.1) is 0 Å². The number of rotatable bonds is 4. The molecule has 98 valence electrons. The lowest BCUT2D eigenvalue weighted by Gasteiger charge is -2.05. The van der Waals surface area contributed by atoms with E-state index < -0.39 is 0 Å². The van der Waals surface area contributed by atoms with Crippen LogP contribution in [0, 0.1) is 16.7 Å². The molecule has 0 amide bonds. The van der Waals surface area contributed by atoms with Gasteiger partial charge in [-0.3, -0.25) is 4.79 Å². The zero-order valence-electron chi connectivity index (χ0n) is 11.9. The van der Waals surface area contributed by atoms with Gasteiger partial charge in [-0.05, 0) is 28.5 Å². The van der Waals surface area contributed by atoms with Crippen molar-refractivity contribution < 1.29 is 9.53 Å². The zero-order chi connectivity index (χ0) is 13.6. The minimum Gasteiger partial charge on any atom is -0.497 e. The van der Waals surface area contributed by atoms with Crippen LogP contribution in [0.25, 0.3) is 0 Å². The fraction of sp³-hybridized carbons (Fsp3) is 0.562. The molecule has 0 saturated heterocycles. The molecule has 2 nitrogen and oxygen atoms in total. The number of methoxy groups -OCH3 is 1. The number of ketones is 1. The van der Waals surface area contributed by atoms with E-state index >= 15 is 0 Å². The van der Waals surface area contributed by atoms with Crippen molar-refractivity contribution in [3.8, 4) is 5.75 Å². The normalized spacial score (nSPS) is 20.5. The number of carbonyl (C=O) groups excluding carboxylic acids is 1. The van der Waals surface area contributed by atoms with Crippen molar-refractivity contribution in [2.45, 2.75) is 34.1 Å². The molecule has 0 radical (unpaired) electrons. The first-order valence-electron chi connectivity index (χ1n) is 6.46. The van der Waals surface area contributed by atoms with E-state index in [1.165, 1.54) is 0 Å². The third kappa shape index (κ3) is 1.94. The van der Waals surface area contributed by atoms with Gasteiger partial charge in [0.1, 0.15) is 11.5 Å². The maximum absolute atomic E-state index is 12.4. The van der Waals surface area contributed by atoms with Crippen LogP contribution in [-0.2, 0) is 11.2 Å². The molecule has 2 heteroatoms. The molecule has 2 rings (SSSR count). The molecule has 0 aromatic heterocycles. The minimum atomic E-state index is 0.128. The first-order valence-corrected chi connectivity index (χ1v) is 6.46. The lowest BCUT2D eigenvalue weighted by Crippen LogP contribution is -2.10. The second-order valence-electron chi connectivity index (χ2n) is 6.37. The Bertz CT molecular complexity index is 458. The second kappa shape index (κ2) is 4.11. The van der Waals surface area contributed by atoms with Crippen molar-refractivity contribution in [1.29, 1.82) is 0 Å². The van der Waals surface area contributed by atoms with Crippen LogP contribution in [-0.4, -0.2) is 12.9 Å². The molecule has 1 fully saturated rings. The van der Waals surface area contributed by atoms with E-state index in [-0.39, 0.29) is 16.7 Å². The molecule has 1 aliphatic rings. The molecule has 0 atom stereocenters. The van der Waals surface area contributed by atoms with Crippen molar-refractivity contribution in [1.82, 2.24) is 0 Å². The third-order valence-corrected chi connectivity index (χ3v) is 4.86. The Labute approximate surface area is 109 Å². The van der Waals surface area contributed by atoms with Gasteiger partial charge >= 0.3 is 0 Å². The summed E-state index contributed by atoms with van der Waals surface area (Å²) in [5.74, 6) is 1.34. The summed E-state index contributed by atoms with van der Waals surface area (Å²) >= 11 is 0. The Morgan fingerprint density at radius 3 is 2.33 bits per heavy atom. The largest absolute Gasteiger partial charge is 0.497 e. The summed E-state index contributed by atoms with van der Waals surface area (Å²) in [6, 6.07) is 7.77. The maximum Gasteiger partial charge on any atom is 0.141 e. The van der Waals surface area contributed by atoms with E-state index in [0.29, 0.717) is 12.2 Å². The molecular weight excluding hydrogens is 224 g/mol. The Balaban J connectivity index is 2.09. The summed E-state index contributed by atoms with van der Waals surface area (Å²) in [5.41, 5.74) is 1.30. The van der Waals surface area contributed by atoms with Crippen LogP contribution in [0.4, 0.5) is 0 Å². The highest BCUT2D eigenvalue weighted by Gasteiger charge is 2.67. The average molecular weight is 246 g/mol. The van der Waals surface area contributed by atoms with Gasteiger partial charge in [0, 0.05) is 12.3 Å². The molecule has 1 aromatic rings. The highest BCUT2D eigenvalue weighted by atomic mass is 16.5. The molecule has 0 N–H and O–H groups in total. The van der Waals surface area contributed by atoms with E-state index in [4.69, 9.17) is 4.74 Å². The molecule has 1 aromatic carbocycles. The molecule has 1 saturated carbocycles. The number of carbonyl (C=O) groups is 1. The van der Waals surface area contributed by atoms with Gasteiger partial charge in [0.25, 0.3) is 0 Å². The molecule has 0 aliphatic heterocycles. The van der Waals surface area contributed by atoms with E-state index in [0.717, 1.165) is 11.3 Å². The molecule has 0 heterocycles. The van der Waals surface area contributed by atoms with Crippen molar-refractivity contribution in [2.75, 3.05) is 7.11 Å². The number of hydrogen-bond acceptors (Lipinski definition) is 2. The van der Waals surface area contributed by atoms with Crippen molar-refractivity contribution in [2.24, 2.45) is 16.7 Å². The summed E-state index contributed by atoms with van der Waals surface area (Å²) < 4.78 is 5.18. The van der Waals surface area contributed by atoms with Gasteiger partial charge in [0.2, 0.25) is 0 Å². The molecule has 0 bridgehead atoms. The summed E-state index contributed by atoms with van der Waals surface area (Å²) in [6.07, 6.45) is 0.509. The van der Waals surface area contributed by atoms with Crippen LogP contribution < -0.4 is 4.74 Å². The Hall–Kier alpha value is -1.31. The van der Waals surface area contributed by atoms with Gasteiger partial charge in [-0.25, -0.2) is 0 Å². The predicted molar refractivity (Wildman–Crippen MR) is 72.8 cm³/mol. The van der Waals surface area contributed by atoms with Crippen LogP contribution in [0.15, 0.2) is 24.3 Å². The second-order valence-corrected chi connectivity index (χ2v) is 6.37. The van der Waals surface area contributed by atoms with E-state index in [1.807, 2.05) is 24.3 Å². The number of Topliss-reactive ketones (excluding diaryl/α,β-unsaturated/α-hetero) is 1. The Kier molecular flexibility index (Phi) is 3.00. The van der Waals surface area contributed by atoms with Crippen molar-refractivity contribution >= 4 is 5.78 Å². The third-order valence-electron chi connectivity index (χ3n) is 4.86. The molecule has 0 spiro atoms. The molecule has 1 aliphatic carbocycles. The fourth-order valence-corrected chi connectivity index (χ4v) is 3.09. The number of hydrogen-bond donors (Lipinski definition) is 0. The standard InChI is InChI=1S/C16H22O2/c1-15(2)14(16(15,3)4)13(17)10-11-7-6-8-12(9-11)18-5/h6-9,14H,10H2,1-5H3. The smallest absolute Gasteiger partial charge is 0.141 e. The highest BCUT2D eigenvalue weighted by molar-refractivity contribution is 5.88. The minimum absolute atomic E-state index is 0.128. The monoisotopic (exact) mass is 246 g/mol. The van der Waals surface area contributed by atoms with Crippen molar-refractivity contribution in [3.63, 3.8) is 0 Å². The first-order chi connectivity index (χ1) is 8.30. The van der Waals surface area contributed by atoms with Crippen LogP contribution in [0.1, 0.15) is 33.3 Å². The maximum atomic E-state index is 12.4. The zero-order valence-corrected chi connectivity index (χ0v) is 11.9. The van der Waals surface area contributed by atoms with Crippen LogP contribution in [0.2, 0.25) is 0 Å². The Morgan fingerprint density at radius 2 is 1.83 bits per heavy atom. The lowest BCUT2D eigenvalue weighted by atomic mass is 10.0. The lowest BCUT2D eigenvalue weighted by molar-refractivity contribution is -0.120. The SMILES string of the molecule is COc1cccc(CC(=O)C2C(C)(C)C2(C)C)c1. The predicted octanol–water partition coefficient (Wildman–Crippen LogP) is 3.49. The van der Waals surface area contributed by atoms with Crippen LogP contribution in [0.3, 0.4) is 0 Å². The van der Waals surface area contributed by atoms with Gasteiger partial charge in [-0.2, -0.15) is 0 Å². The summed E-state index contributed by atoms with van der Waals surface area (Å²) in [6.45, 7) is 8.73. The number of ether oxygens (including phenoxy) is 1. The molecule has 0 unspecified atom stereocenters.